The van der Waals surface area contributed by atoms with Crippen LogP contribution in [-0.4, -0.2) is 72.0 Å². The number of fused-ring (bicyclic) bond motifs is 2. The second-order valence-corrected chi connectivity index (χ2v) is 9.82. The number of carbonyl (C=O) groups is 2. The summed E-state index contributed by atoms with van der Waals surface area (Å²) in [7, 11) is 0. The molecule has 12 heteroatoms. The number of allylic oxidation sites excluding steroid dienone is 1. The van der Waals surface area contributed by atoms with Crippen molar-refractivity contribution in [1.29, 1.82) is 0 Å². The van der Waals surface area contributed by atoms with E-state index in [1.54, 1.807) is 23.1 Å². The lowest BCUT2D eigenvalue weighted by Crippen LogP contribution is -2.48. The van der Waals surface area contributed by atoms with Gasteiger partial charge in [0.25, 0.3) is 0 Å². The van der Waals surface area contributed by atoms with Crippen molar-refractivity contribution < 1.29 is 32.2 Å². The molecule has 5 rings (SSSR count). The lowest BCUT2D eigenvalue weighted by atomic mass is 9.93. The molecule has 2 saturated heterocycles. The van der Waals surface area contributed by atoms with Crippen LogP contribution in [0.4, 0.5) is 18.9 Å². The Labute approximate surface area is 223 Å². The summed E-state index contributed by atoms with van der Waals surface area (Å²) in [5, 5.41) is 0.226. The number of piperazine rings is 1. The maximum absolute atomic E-state index is 13.0. The van der Waals surface area contributed by atoms with Crippen LogP contribution in [-0.2, 0) is 25.2 Å². The van der Waals surface area contributed by atoms with E-state index < -0.39 is 17.7 Å². The highest BCUT2D eigenvalue weighted by atomic mass is 32.1. The molecule has 1 unspecified atom stereocenters. The first-order valence-corrected chi connectivity index (χ1v) is 12.9. The van der Waals surface area contributed by atoms with Crippen molar-refractivity contribution in [3.63, 3.8) is 0 Å². The zero-order chi connectivity index (χ0) is 26.9. The Bertz CT molecular complexity index is 1220. The highest BCUT2D eigenvalue weighted by molar-refractivity contribution is 7.80. The van der Waals surface area contributed by atoms with E-state index in [-0.39, 0.29) is 23.7 Å². The van der Waals surface area contributed by atoms with E-state index in [1.165, 1.54) is 11.0 Å². The van der Waals surface area contributed by atoms with Gasteiger partial charge in [-0.2, -0.15) is 13.2 Å². The Morgan fingerprint density at radius 2 is 1.84 bits per heavy atom. The smallest absolute Gasteiger partial charge is 0.416 e. The second kappa shape index (κ2) is 10.8. The van der Waals surface area contributed by atoms with Gasteiger partial charge in [0.1, 0.15) is 5.92 Å². The molecule has 1 atom stereocenters. The molecule has 1 aromatic carbocycles. The van der Waals surface area contributed by atoms with Crippen LogP contribution in [0.2, 0.25) is 0 Å². The average molecular weight is 549 g/mol. The third kappa shape index (κ3) is 5.54. The van der Waals surface area contributed by atoms with Crippen molar-refractivity contribution >= 4 is 40.5 Å². The van der Waals surface area contributed by atoms with E-state index in [4.69, 9.17) is 21.7 Å². The van der Waals surface area contributed by atoms with Crippen molar-refractivity contribution in [1.82, 2.24) is 9.80 Å². The van der Waals surface area contributed by atoms with Gasteiger partial charge in [0.05, 0.1) is 11.3 Å². The maximum Gasteiger partial charge on any atom is 0.416 e. The van der Waals surface area contributed by atoms with Crippen molar-refractivity contribution in [3.05, 3.63) is 53.5 Å². The average Bonchev–Trinajstić information content (AvgIpc) is 3.36. The lowest BCUT2D eigenvalue weighted by molar-refractivity contribution is -0.137. The molecule has 0 saturated carbocycles. The Morgan fingerprint density at radius 3 is 2.61 bits per heavy atom. The monoisotopic (exact) mass is 548 g/mol. The highest BCUT2D eigenvalue weighted by Gasteiger charge is 2.38. The number of carbonyl (C=O) groups excluding carboxylic acids is 2. The summed E-state index contributed by atoms with van der Waals surface area (Å²) in [4.78, 5) is 35.2. The van der Waals surface area contributed by atoms with Crippen molar-refractivity contribution in [2.24, 2.45) is 10.9 Å². The van der Waals surface area contributed by atoms with Crippen LogP contribution in [0.1, 0.15) is 31.2 Å². The SMILES string of the molecule is O=C(CCCCCN1C(=O)C2C=C3OCOC3=CC2=NC1=S)N1CCN(c2cccc(C(F)(F)F)c2)CC1. The van der Waals surface area contributed by atoms with Gasteiger partial charge in [-0.1, -0.05) is 12.5 Å². The van der Waals surface area contributed by atoms with E-state index >= 15 is 0 Å². The van der Waals surface area contributed by atoms with Crippen LogP contribution < -0.4 is 4.90 Å². The van der Waals surface area contributed by atoms with E-state index in [0.29, 0.717) is 74.9 Å². The number of benzene rings is 1. The topological polar surface area (TPSA) is 74.7 Å². The molecule has 3 heterocycles. The van der Waals surface area contributed by atoms with Crippen LogP contribution in [0.3, 0.4) is 0 Å². The summed E-state index contributed by atoms with van der Waals surface area (Å²) < 4.78 is 49.8. The normalized spacial score (nSPS) is 21.2. The summed E-state index contributed by atoms with van der Waals surface area (Å²) in [6.45, 7) is 2.43. The van der Waals surface area contributed by atoms with Gasteiger partial charge < -0.3 is 19.3 Å². The van der Waals surface area contributed by atoms with Gasteiger partial charge in [-0.05, 0) is 49.3 Å². The molecule has 0 radical (unpaired) electrons. The molecule has 1 aliphatic carbocycles. The molecule has 2 amide bonds. The number of hydrogen-bond acceptors (Lipinski definition) is 6. The molecule has 202 valence electrons. The molecule has 0 aromatic heterocycles. The number of aliphatic imine (C=N–C) groups is 1. The zero-order valence-corrected chi connectivity index (χ0v) is 21.4. The fourth-order valence-electron chi connectivity index (χ4n) is 4.92. The van der Waals surface area contributed by atoms with Crippen LogP contribution in [0, 0.1) is 5.92 Å². The number of unbranched alkanes of at least 4 members (excludes halogenated alkanes) is 2. The largest absolute Gasteiger partial charge is 0.454 e. The molecule has 0 N–H and O–H groups in total. The molecule has 4 aliphatic rings. The number of rotatable bonds is 7. The first kappa shape index (κ1) is 26.2. The minimum absolute atomic E-state index is 0.0303. The fourth-order valence-corrected chi connectivity index (χ4v) is 5.20. The molecule has 2 fully saturated rings. The van der Waals surface area contributed by atoms with Crippen LogP contribution in [0.15, 0.2) is 52.9 Å². The standard InChI is InChI=1S/C26H27F3N4O4S/c27-26(28,29)17-5-4-6-18(13-17)31-9-11-32(12-10-31)23(34)7-2-1-3-8-33-24(35)19-14-21-22(37-16-36-21)15-20(19)30-25(33)38/h4-6,13-15,19H,1-3,7-12,16H2. The van der Waals surface area contributed by atoms with Gasteiger partial charge in [-0.15, -0.1) is 0 Å². The van der Waals surface area contributed by atoms with E-state index in [9.17, 15) is 22.8 Å². The Hall–Kier alpha value is -3.41. The first-order chi connectivity index (χ1) is 18.2. The number of amides is 2. The number of anilines is 1. The maximum atomic E-state index is 13.0. The number of nitrogens with zero attached hydrogens (tertiary/aromatic N) is 4. The molecule has 8 nitrogen and oxygen atoms in total. The second-order valence-electron chi connectivity index (χ2n) is 9.46. The number of alkyl halides is 3. The summed E-state index contributed by atoms with van der Waals surface area (Å²) in [5.41, 5.74) is 0.393. The molecular formula is C26H27F3N4O4S. The Kier molecular flexibility index (Phi) is 7.42. The molecule has 0 bridgehead atoms. The van der Waals surface area contributed by atoms with E-state index in [1.807, 2.05) is 4.90 Å². The van der Waals surface area contributed by atoms with E-state index in [0.717, 1.165) is 18.6 Å². The predicted molar refractivity (Wildman–Crippen MR) is 137 cm³/mol. The van der Waals surface area contributed by atoms with Gasteiger partial charge in [0.15, 0.2) is 11.5 Å². The van der Waals surface area contributed by atoms with Crippen molar-refractivity contribution in [2.75, 3.05) is 44.4 Å². The van der Waals surface area contributed by atoms with Crippen molar-refractivity contribution in [3.8, 4) is 0 Å². The number of ether oxygens (including phenoxy) is 2. The summed E-state index contributed by atoms with van der Waals surface area (Å²) >= 11 is 5.34. The van der Waals surface area contributed by atoms with Gasteiger partial charge in [0, 0.05) is 50.9 Å². The third-order valence-corrected chi connectivity index (χ3v) is 7.33. The fraction of sp³-hybridized carbons (Fsp3) is 0.462. The Morgan fingerprint density at radius 1 is 1.08 bits per heavy atom. The predicted octanol–water partition coefficient (Wildman–Crippen LogP) is 3.88. The minimum Gasteiger partial charge on any atom is -0.454 e. The van der Waals surface area contributed by atoms with Gasteiger partial charge >= 0.3 is 6.18 Å². The molecule has 38 heavy (non-hydrogen) atoms. The minimum atomic E-state index is -4.38. The van der Waals surface area contributed by atoms with E-state index in [2.05, 4.69) is 4.99 Å². The lowest BCUT2D eigenvalue weighted by Gasteiger charge is -2.36. The zero-order valence-electron chi connectivity index (χ0n) is 20.6. The molecule has 3 aliphatic heterocycles. The number of hydrogen-bond donors (Lipinski definition) is 0. The summed E-state index contributed by atoms with van der Waals surface area (Å²) in [6.07, 6.45) is 1.49. The van der Waals surface area contributed by atoms with Crippen LogP contribution in [0.5, 0.6) is 0 Å². The molecular weight excluding hydrogens is 521 g/mol. The Balaban J connectivity index is 1.04. The van der Waals surface area contributed by atoms with Crippen LogP contribution >= 0.6 is 12.2 Å². The summed E-state index contributed by atoms with van der Waals surface area (Å²) in [6, 6.07) is 5.28. The van der Waals surface area contributed by atoms with Crippen molar-refractivity contribution in [2.45, 2.75) is 31.9 Å². The molecule has 1 aromatic rings. The quantitative estimate of drug-likeness (QED) is 0.380. The summed E-state index contributed by atoms with van der Waals surface area (Å²) in [5.74, 6) is 0.448. The number of halogens is 3. The highest BCUT2D eigenvalue weighted by Crippen LogP contribution is 2.33. The van der Waals surface area contributed by atoms with Gasteiger partial charge in [-0.3, -0.25) is 14.5 Å². The van der Waals surface area contributed by atoms with Gasteiger partial charge in [-0.25, -0.2) is 4.99 Å². The first-order valence-electron chi connectivity index (χ1n) is 12.5. The third-order valence-electron chi connectivity index (χ3n) is 7.02. The number of thiocarbonyl (C=S) groups is 1. The molecule has 0 spiro atoms. The van der Waals surface area contributed by atoms with Crippen LogP contribution in [0.25, 0.3) is 0 Å². The van der Waals surface area contributed by atoms with Gasteiger partial charge in [0.2, 0.25) is 23.7 Å².